The topological polar surface area (TPSA) is 17.8 Å². The molecule has 2 nitrogen and oxygen atoms in total. The van der Waals surface area contributed by atoms with Crippen LogP contribution < -0.4 is 0 Å². The van der Waals surface area contributed by atoms with Crippen LogP contribution in [0.1, 0.15) is 6.92 Å². The average Bonchev–Trinajstić information content (AvgIpc) is 2.37. The summed E-state index contributed by atoms with van der Waals surface area (Å²) in [5.41, 5.74) is 0. The molecule has 0 fully saturated rings. The molecular weight excluding hydrogens is 111 g/mol. The Hall–Kier alpha value is -0.725. The quantitative estimate of drug-likeness (QED) is 0.541. The van der Waals surface area contributed by atoms with E-state index in [-0.39, 0.29) is 0 Å². The highest BCUT2D eigenvalue weighted by Gasteiger charge is 2.03. The van der Waals surface area contributed by atoms with E-state index in [1.54, 1.807) is 0 Å². The summed E-state index contributed by atoms with van der Waals surface area (Å²) in [4.78, 5) is 3.95. The first-order valence-electron chi connectivity index (χ1n) is 3.32. The van der Waals surface area contributed by atoms with E-state index in [4.69, 9.17) is 0 Å². The molecule has 0 saturated carbocycles. The first kappa shape index (κ1) is 6.40. The second-order valence-corrected chi connectivity index (χ2v) is 2.27. The fraction of sp³-hybridized carbons (Fsp3) is 0.500. The van der Waals surface area contributed by atoms with E-state index in [1.165, 1.54) is 0 Å². The number of imidazole rings is 1. The van der Waals surface area contributed by atoms with E-state index < -0.39 is 0 Å². The van der Waals surface area contributed by atoms with Crippen molar-refractivity contribution in [2.24, 2.45) is 0 Å². The molecule has 0 radical (unpaired) electrons. The molecule has 0 amide bonds. The lowest BCUT2D eigenvalue weighted by molar-refractivity contribution is 1.13. The summed E-state index contributed by atoms with van der Waals surface area (Å²) in [6, 6.07) is 0. The first-order chi connectivity index (χ1) is 4.34. The van der Waals surface area contributed by atoms with Gasteiger partial charge in [-0.3, -0.25) is 0 Å². The standard InChI is InChI=1S/C6H11BN2/c1-3-7(2)9-5-4-8-6-9/h4-6H,3H2,1-2H3. The molecular formula is C6H11BN2. The van der Waals surface area contributed by atoms with Crippen LogP contribution in [0.25, 0.3) is 0 Å². The molecule has 0 aliphatic heterocycles. The van der Waals surface area contributed by atoms with Crippen molar-refractivity contribution in [2.45, 2.75) is 20.1 Å². The van der Waals surface area contributed by atoms with Crippen molar-refractivity contribution in [3.63, 3.8) is 0 Å². The minimum atomic E-state index is 0.590. The third kappa shape index (κ3) is 1.34. The Morgan fingerprint density at radius 2 is 2.44 bits per heavy atom. The maximum atomic E-state index is 3.95. The van der Waals surface area contributed by atoms with Gasteiger partial charge in [0.15, 0.2) is 0 Å². The predicted molar refractivity (Wildman–Crippen MR) is 39.7 cm³/mol. The van der Waals surface area contributed by atoms with Crippen molar-refractivity contribution in [1.82, 2.24) is 9.46 Å². The monoisotopic (exact) mass is 122 g/mol. The molecule has 0 saturated heterocycles. The Kier molecular flexibility index (Phi) is 1.93. The zero-order valence-corrected chi connectivity index (χ0v) is 5.91. The van der Waals surface area contributed by atoms with E-state index in [0.29, 0.717) is 6.85 Å². The highest BCUT2D eigenvalue weighted by atomic mass is 15.0. The van der Waals surface area contributed by atoms with Crippen molar-refractivity contribution >= 4 is 6.85 Å². The lowest BCUT2D eigenvalue weighted by Crippen LogP contribution is -2.16. The van der Waals surface area contributed by atoms with Crippen molar-refractivity contribution < 1.29 is 0 Å². The van der Waals surface area contributed by atoms with Crippen LogP contribution in [0.4, 0.5) is 0 Å². The van der Waals surface area contributed by atoms with E-state index in [9.17, 15) is 0 Å². The molecule has 0 aromatic carbocycles. The molecule has 0 aliphatic carbocycles. The van der Waals surface area contributed by atoms with Crippen molar-refractivity contribution in [3.8, 4) is 0 Å². The molecule has 0 atom stereocenters. The van der Waals surface area contributed by atoms with E-state index >= 15 is 0 Å². The maximum absolute atomic E-state index is 3.95. The highest BCUT2D eigenvalue weighted by molar-refractivity contribution is 6.55. The third-order valence-electron chi connectivity index (χ3n) is 1.62. The lowest BCUT2D eigenvalue weighted by Gasteiger charge is -2.03. The number of nitrogens with zero attached hydrogens (tertiary/aromatic N) is 2. The lowest BCUT2D eigenvalue weighted by atomic mass is 9.62. The van der Waals surface area contributed by atoms with Gasteiger partial charge in [-0.25, -0.2) is 4.98 Å². The normalized spacial score (nSPS) is 9.56. The van der Waals surface area contributed by atoms with Gasteiger partial charge in [0.1, 0.15) is 0 Å². The Labute approximate surface area is 56.0 Å². The second kappa shape index (κ2) is 2.71. The van der Waals surface area contributed by atoms with Crippen LogP contribution in [0.3, 0.4) is 0 Å². The molecule has 1 aromatic heterocycles. The van der Waals surface area contributed by atoms with E-state index in [1.807, 2.05) is 18.7 Å². The summed E-state index contributed by atoms with van der Waals surface area (Å²) in [6.45, 7) is 4.94. The Balaban J connectivity index is 2.65. The van der Waals surface area contributed by atoms with E-state index in [2.05, 4.69) is 23.2 Å². The van der Waals surface area contributed by atoms with Gasteiger partial charge in [-0.15, -0.1) is 0 Å². The van der Waals surface area contributed by atoms with Gasteiger partial charge >= 0.3 is 0 Å². The largest absolute Gasteiger partial charge is 0.382 e. The third-order valence-corrected chi connectivity index (χ3v) is 1.62. The zero-order valence-electron chi connectivity index (χ0n) is 5.91. The summed E-state index contributed by atoms with van der Waals surface area (Å²) in [7, 11) is 0. The molecule has 0 N–H and O–H groups in total. The minimum Gasteiger partial charge on any atom is -0.382 e. The molecule has 3 heteroatoms. The van der Waals surface area contributed by atoms with Crippen molar-refractivity contribution in [2.75, 3.05) is 0 Å². The number of aromatic nitrogens is 2. The van der Waals surface area contributed by atoms with Gasteiger partial charge in [-0.2, -0.15) is 0 Å². The van der Waals surface area contributed by atoms with E-state index in [0.717, 1.165) is 6.32 Å². The minimum absolute atomic E-state index is 0.590. The molecule has 48 valence electrons. The number of rotatable bonds is 2. The summed E-state index contributed by atoms with van der Waals surface area (Å²) in [5.74, 6) is 0. The maximum Gasteiger partial charge on any atom is 0.257 e. The summed E-state index contributed by atoms with van der Waals surface area (Å²) < 4.78 is 2.11. The summed E-state index contributed by atoms with van der Waals surface area (Å²) in [5, 5.41) is 0. The van der Waals surface area contributed by atoms with Gasteiger partial charge in [0.2, 0.25) is 0 Å². The molecule has 9 heavy (non-hydrogen) atoms. The Morgan fingerprint density at radius 1 is 1.67 bits per heavy atom. The number of hydrogen-bond donors (Lipinski definition) is 0. The van der Waals surface area contributed by atoms with Crippen LogP contribution >= 0.6 is 0 Å². The van der Waals surface area contributed by atoms with Gasteiger partial charge in [-0.05, 0) is 0 Å². The molecule has 0 unspecified atom stereocenters. The zero-order chi connectivity index (χ0) is 6.69. The fourth-order valence-corrected chi connectivity index (χ4v) is 0.741. The average molecular weight is 122 g/mol. The van der Waals surface area contributed by atoms with Crippen molar-refractivity contribution in [3.05, 3.63) is 18.7 Å². The number of hydrogen-bond acceptors (Lipinski definition) is 1. The summed E-state index contributed by atoms with van der Waals surface area (Å²) >= 11 is 0. The molecule has 0 aliphatic rings. The van der Waals surface area contributed by atoms with Crippen LogP contribution in [-0.4, -0.2) is 16.3 Å². The van der Waals surface area contributed by atoms with Crippen LogP contribution in [-0.2, 0) is 0 Å². The molecule has 1 aromatic rings. The van der Waals surface area contributed by atoms with Gasteiger partial charge in [-0.1, -0.05) is 20.1 Å². The first-order valence-corrected chi connectivity index (χ1v) is 3.32. The molecule has 1 heterocycles. The van der Waals surface area contributed by atoms with Gasteiger partial charge in [0.25, 0.3) is 6.85 Å². The predicted octanol–water partition coefficient (Wildman–Crippen LogP) is 1.37. The van der Waals surface area contributed by atoms with Crippen LogP contribution in [0.15, 0.2) is 18.7 Å². The molecule has 1 rings (SSSR count). The van der Waals surface area contributed by atoms with Crippen LogP contribution in [0.2, 0.25) is 13.1 Å². The second-order valence-electron chi connectivity index (χ2n) is 2.27. The molecule has 0 bridgehead atoms. The molecule has 0 spiro atoms. The van der Waals surface area contributed by atoms with Crippen LogP contribution in [0, 0.1) is 0 Å². The smallest absolute Gasteiger partial charge is 0.257 e. The fourth-order valence-electron chi connectivity index (χ4n) is 0.741. The van der Waals surface area contributed by atoms with Crippen molar-refractivity contribution in [1.29, 1.82) is 0 Å². The summed E-state index contributed by atoms with van der Waals surface area (Å²) in [6.07, 6.45) is 6.82. The highest BCUT2D eigenvalue weighted by Crippen LogP contribution is 1.94. The Morgan fingerprint density at radius 3 is 2.89 bits per heavy atom. The van der Waals surface area contributed by atoms with Crippen LogP contribution in [0.5, 0.6) is 0 Å². The van der Waals surface area contributed by atoms with Gasteiger partial charge in [0.05, 0.1) is 6.33 Å². The van der Waals surface area contributed by atoms with Gasteiger partial charge < -0.3 is 4.48 Å². The Bertz CT molecular complexity index is 160. The van der Waals surface area contributed by atoms with Gasteiger partial charge in [0, 0.05) is 12.4 Å². The SMILES string of the molecule is CCB(C)n1ccnc1.